The van der Waals surface area contributed by atoms with Gasteiger partial charge in [0.25, 0.3) is 0 Å². The predicted octanol–water partition coefficient (Wildman–Crippen LogP) is 5.30. The normalized spacial score (nSPS) is 12.9. The van der Waals surface area contributed by atoms with Crippen LogP contribution in [0.1, 0.15) is 26.3 Å². The number of aromatic nitrogens is 2. The van der Waals surface area contributed by atoms with Crippen LogP contribution in [-0.4, -0.2) is 27.8 Å². The van der Waals surface area contributed by atoms with Gasteiger partial charge in [0.2, 0.25) is 5.88 Å². The Labute approximate surface area is 204 Å². The maximum Gasteiger partial charge on any atom is 0.416 e. The fraction of sp³-hybridized carbons (Fsp3) is 0.292. The zero-order valence-electron chi connectivity index (χ0n) is 19.2. The van der Waals surface area contributed by atoms with E-state index in [0.29, 0.717) is 17.9 Å². The quantitative estimate of drug-likeness (QED) is 0.468. The van der Waals surface area contributed by atoms with Gasteiger partial charge in [-0.1, -0.05) is 17.7 Å². The van der Waals surface area contributed by atoms with E-state index in [0.717, 1.165) is 12.1 Å². The lowest BCUT2D eigenvalue weighted by Gasteiger charge is -2.24. The van der Waals surface area contributed by atoms with Gasteiger partial charge < -0.3 is 14.2 Å². The molecule has 0 spiro atoms. The number of carbonyl (C=O) groups excluding carboxylic acids is 1. The molecule has 0 bridgehead atoms. The van der Waals surface area contributed by atoms with Gasteiger partial charge >= 0.3 is 11.8 Å². The number of fused-ring (bicyclic) bond motifs is 1. The van der Waals surface area contributed by atoms with Crippen molar-refractivity contribution in [3.05, 3.63) is 75.2 Å². The number of hydrogen-bond donors (Lipinski definition) is 0. The van der Waals surface area contributed by atoms with Crippen LogP contribution in [0.3, 0.4) is 0 Å². The van der Waals surface area contributed by atoms with Crippen molar-refractivity contribution in [1.82, 2.24) is 9.55 Å². The van der Waals surface area contributed by atoms with Gasteiger partial charge in [-0.15, -0.1) is 0 Å². The van der Waals surface area contributed by atoms with Crippen LogP contribution in [0, 0.1) is 11.6 Å². The molecule has 0 aliphatic carbocycles. The molecule has 3 aromatic rings. The van der Waals surface area contributed by atoms with E-state index in [9.17, 15) is 18.4 Å². The number of hydrogen-bond acceptors (Lipinski definition) is 6. The van der Waals surface area contributed by atoms with Crippen molar-refractivity contribution < 1.29 is 27.8 Å². The zero-order chi connectivity index (χ0) is 25.3. The molecule has 0 atom stereocenters. The van der Waals surface area contributed by atoms with Crippen LogP contribution in [0.25, 0.3) is 0 Å². The van der Waals surface area contributed by atoms with E-state index in [4.69, 9.17) is 25.8 Å². The lowest BCUT2D eigenvalue weighted by molar-refractivity contribution is 0.0584. The van der Waals surface area contributed by atoms with Crippen LogP contribution in [0.15, 0.2) is 47.3 Å². The second-order valence-corrected chi connectivity index (χ2v) is 9.16. The topological polar surface area (TPSA) is 82.9 Å². The van der Waals surface area contributed by atoms with Gasteiger partial charge in [0, 0.05) is 25.2 Å². The molecule has 1 aliphatic heterocycles. The second-order valence-electron chi connectivity index (χ2n) is 8.75. The summed E-state index contributed by atoms with van der Waals surface area (Å²) in [7, 11) is 0. The summed E-state index contributed by atoms with van der Waals surface area (Å²) in [5.74, 6) is -1.32. The summed E-state index contributed by atoms with van der Waals surface area (Å²) in [6.45, 7) is 5.88. The van der Waals surface area contributed by atoms with E-state index in [-0.39, 0.29) is 35.6 Å². The Hall–Kier alpha value is -3.66. The Morgan fingerprint density at radius 3 is 2.54 bits per heavy atom. The second kappa shape index (κ2) is 9.53. The molecule has 11 heteroatoms. The maximum absolute atomic E-state index is 13.4. The molecule has 0 saturated heterocycles. The van der Waals surface area contributed by atoms with Gasteiger partial charge in [0.15, 0.2) is 11.6 Å². The van der Waals surface area contributed by atoms with E-state index in [1.54, 1.807) is 39.0 Å². The lowest BCUT2D eigenvalue weighted by Crippen LogP contribution is -2.36. The van der Waals surface area contributed by atoms with Crippen LogP contribution in [0.4, 0.5) is 19.4 Å². The van der Waals surface area contributed by atoms with Crippen molar-refractivity contribution in [2.75, 3.05) is 11.4 Å². The minimum Gasteiger partial charge on any atom is -0.473 e. The van der Waals surface area contributed by atoms with Crippen LogP contribution in [0.2, 0.25) is 5.02 Å². The number of halogens is 3. The first kappa shape index (κ1) is 24.5. The molecule has 4 rings (SSSR count). The SMILES string of the molecule is CC(C)(C)OC(=O)N1CCn2c1cc(OCc1ccc(Oc3ccc(F)c(F)c3)c(Cl)c1)nc2=O. The standard InChI is InChI=1S/C24H22ClF2N3O5/c1-24(2,3)35-23(32)30-9-8-29-21(30)12-20(28-22(29)31)33-13-14-4-7-19(16(25)10-14)34-15-5-6-17(26)18(27)11-15/h4-7,10-12H,8-9,13H2,1-3H3. The summed E-state index contributed by atoms with van der Waals surface area (Å²) in [5, 5.41) is 0.217. The minimum absolute atomic E-state index is 0.0213. The number of ether oxygens (including phenoxy) is 3. The Morgan fingerprint density at radius 2 is 1.86 bits per heavy atom. The number of benzene rings is 2. The van der Waals surface area contributed by atoms with Crippen molar-refractivity contribution in [1.29, 1.82) is 0 Å². The Balaban J connectivity index is 1.46. The number of rotatable bonds is 5. The molecule has 0 N–H and O–H groups in total. The number of anilines is 1. The molecule has 0 saturated carbocycles. The molecule has 184 valence electrons. The van der Waals surface area contributed by atoms with Gasteiger partial charge in [-0.3, -0.25) is 9.47 Å². The average Bonchev–Trinajstić information content (AvgIpc) is 3.20. The third-order valence-corrected chi connectivity index (χ3v) is 5.20. The maximum atomic E-state index is 13.4. The largest absolute Gasteiger partial charge is 0.473 e. The van der Waals surface area contributed by atoms with Crippen molar-refractivity contribution >= 4 is 23.5 Å². The van der Waals surface area contributed by atoms with Crippen molar-refractivity contribution in [2.24, 2.45) is 0 Å². The van der Waals surface area contributed by atoms with E-state index in [1.807, 2.05) is 0 Å². The van der Waals surface area contributed by atoms with Gasteiger partial charge in [-0.25, -0.2) is 18.4 Å². The van der Waals surface area contributed by atoms with E-state index < -0.39 is 29.0 Å². The molecule has 8 nitrogen and oxygen atoms in total. The first-order valence-electron chi connectivity index (χ1n) is 10.7. The van der Waals surface area contributed by atoms with Crippen LogP contribution in [0.5, 0.6) is 17.4 Å². The summed E-state index contributed by atoms with van der Waals surface area (Å²) >= 11 is 6.27. The van der Waals surface area contributed by atoms with E-state index in [2.05, 4.69) is 4.98 Å². The highest BCUT2D eigenvalue weighted by molar-refractivity contribution is 6.32. The third kappa shape index (κ3) is 5.71. The summed E-state index contributed by atoms with van der Waals surface area (Å²) in [6, 6.07) is 9.44. The van der Waals surface area contributed by atoms with Crippen LogP contribution in [-0.2, 0) is 17.9 Å². The molecular weight excluding hydrogens is 484 g/mol. The fourth-order valence-corrected chi connectivity index (χ4v) is 3.58. The number of nitrogens with zero attached hydrogens (tertiary/aromatic N) is 3. The molecule has 0 fully saturated rings. The Kier molecular flexibility index (Phi) is 6.66. The minimum atomic E-state index is -1.04. The Morgan fingerprint density at radius 1 is 1.09 bits per heavy atom. The zero-order valence-corrected chi connectivity index (χ0v) is 19.9. The molecule has 0 radical (unpaired) electrons. The average molecular weight is 506 g/mol. The summed E-state index contributed by atoms with van der Waals surface area (Å²) < 4.78 is 44.5. The summed E-state index contributed by atoms with van der Waals surface area (Å²) in [4.78, 5) is 30.2. The highest BCUT2D eigenvalue weighted by atomic mass is 35.5. The van der Waals surface area contributed by atoms with Gasteiger partial charge in [-0.05, 0) is 50.6 Å². The van der Waals surface area contributed by atoms with Gasteiger partial charge in [0.05, 0.1) is 5.02 Å². The predicted molar refractivity (Wildman–Crippen MR) is 124 cm³/mol. The molecule has 1 aromatic heterocycles. The third-order valence-electron chi connectivity index (χ3n) is 4.91. The van der Waals surface area contributed by atoms with Crippen molar-refractivity contribution in [3.63, 3.8) is 0 Å². The Bertz CT molecular complexity index is 1340. The van der Waals surface area contributed by atoms with Crippen molar-refractivity contribution in [3.8, 4) is 17.4 Å². The highest BCUT2D eigenvalue weighted by Crippen LogP contribution is 2.31. The lowest BCUT2D eigenvalue weighted by atomic mass is 10.2. The number of amides is 1. The molecule has 1 amide bonds. The van der Waals surface area contributed by atoms with E-state index in [1.165, 1.54) is 21.6 Å². The van der Waals surface area contributed by atoms with E-state index >= 15 is 0 Å². The molecule has 0 unspecified atom stereocenters. The monoisotopic (exact) mass is 505 g/mol. The number of carbonyl (C=O) groups is 1. The molecule has 2 heterocycles. The first-order chi connectivity index (χ1) is 16.5. The van der Waals surface area contributed by atoms with Crippen molar-refractivity contribution in [2.45, 2.75) is 39.5 Å². The fourth-order valence-electron chi connectivity index (χ4n) is 3.34. The molecule has 2 aromatic carbocycles. The van der Waals surface area contributed by atoms with Crippen LogP contribution < -0.4 is 20.1 Å². The van der Waals surface area contributed by atoms with Gasteiger partial charge in [0.1, 0.15) is 29.5 Å². The van der Waals surface area contributed by atoms with Gasteiger partial charge in [-0.2, -0.15) is 4.98 Å². The molecular formula is C24H22ClF2N3O5. The summed E-state index contributed by atoms with van der Waals surface area (Å²) in [6.07, 6.45) is -0.566. The molecule has 35 heavy (non-hydrogen) atoms. The smallest absolute Gasteiger partial charge is 0.416 e. The highest BCUT2D eigenvalue weighted by Gasteiger charge is 2.30. The molecule has 1 aliphatic rings. The summed E-state index contributed by atoms with van der Waals surface area (Å²) in [5.41, 5.74) is -0.590. The van der Waals surface area contributed by atoms with Crippen LogP contribution >= 0.6 is 11.6 Å². The first-order valence-corrected chi connectivity index (χ1v) is 11.0.